The first kappa shape index (κ1) is 20.4. The van der Waals surface area contributed by atoms with Gasteiger partial charge in [0.2, 0.25) is 0 Å². The molecule has 3 aromatic carbocycles. The van der Waals surface area contributed by atoms with Crippen LogP contribution in [0.2, 0.25) is 0 Å². The molecular weight excluding hydrogens is 388 g/mol. The van der Waals surface area contributed by atoms with Gasteiger partial charge in [-0.1, -0.05) is 60.7 Å². The first-order valence-corrected chi connectivity index (χ1v) is 10.3. The van der Waals surface area contributed by atoms with E-state index in [1.54, 1.807) is 19.2 Å². The van der Waals surface area contributed by atoms with Crippen molar-refractivity contribution in [2.24, 2.45) is 0 Å². The third-order valence-corrected chi connectivity index (χ3v) is 5.36. The summed E-state index contributed by atoms with van der Waals surface area (Å²) in [6.45, 7) is 2.76. The van der Waals surface area contributed by atoms with Crippen molar-refractivity contribution in [2.45, 2.75) is 13.5 Å². The molecule has 0 radical (unpaired) electrons. The van der Waals surface area contributed by atoms with Gasteiger partial charge in [-0.25, -0.2) is 0 Å². The van der Waals surface area contributed by atoms with Crippen LogP contribution < -0.4 is 9.64 Å². The maximum absolute atomic E-state index is 13.6. The van der Waals surface area contributed by atoms with Crippen molar-refractivity contribution < 1.29 is 14.3 Å². The number of methoxy groups -OCH3 is 1. The van der Waals surface area contributed by atoms with Crippen molar-refractivity contribution in [2.75, 3.05) is 18.6 Å². The molecule has 0 saturated heterocycles. The Kier molecular flexibility index (Phi) is 5.85. The fraction of sp³-hybridized carbons (Fsp3) is 0.154. The van der Waals surface area contributed by atoms with E-state index in [0.717, 1.165) is 11.3 Å². The number of amides is 2. The van der Waals surface area contributed by atoms with E-state index in [4.69, 9.17) is 4.74 Å². The number of anilines is 1. The molecule has 5 nitrogen and oxygen atoms in total. The van der Waals surface area contributed by atoms with E-state index >= 15 is 0 Å². The van der Waals surface area contributed by atoms with Crippen molar-refractivity contribution in [3.05, 3.63) is 102 Å². The Labute approximate surface area is 182 Å². The van der Waals surface area contributed by atoms with Crippen LogP contribution in [0.1, 0.15) is 18.1 Å². The fourth-order valence-corrected chi connectivity index (χ4v) is 3.82. The molecule has 0 atom stereocenters. The molecule has 1 heterocycles. The summed E-state index contributed by atoms with van der Waals surface area (Å²) < 4.78 is 5.26. The molecule has 0 fully saturated rings. The lowest BCUT2D eigenvalue weighted by atomic mass is 10.0. The van der Waals surface area contributed by atoms with Gasteiger partial charge in [-0.15, -0.1) is 0 Å². The topological polar surface area (TPSA) is 49.9 Å². The lowest BCUT2D eigenvalue weighted by Crippen LogP contribution is -2.34. The van der Waals surface area contributed by atoms with Crippen LogP contribution in [0.4, 0.5) is 5.69 Å². The molecule has 3 aromatic rings. The van der Waals surface area contributed by atoms with Crippen LogP contribution >= 0.6 is 0 Å². The molecule has 156 valence electrons. The van der Waals surface area contributed by atoms with E-state index in [9.17, 15) is 9.59 Å². The molecule has 0 bridgehead atoms. The van der Waals surface area contributed by atoms with Crippen molar-refractivity contribution in [3.63, 3.8) is 0 Å². The van der Waals surface area contributed by atoms with E-state index in [0.29, 0.717) is 29.1 Å². The van der Waals surface area contributed by atoms with Gasteiger partial charge in [0.1, 0.15) is 11.4 Å². The molecule has 0 saturated carbocycles. The van der Waals surface area contributed by atoms with Gasteiger partial charge in [-0.05, 0) is 42.3 Å². The number of carbonyl (C=O) groups excluding carboxylic acids is 2. The average Bonchev–Trinajstić information content (AvgIpc) is 3.06. The number of carbonyl (C=O) groups is 2. The van der Waals surface area contributed by atoms with E-state index in [1.807, 2.05) is 84.6 Å². The molecule has 0 aromatic heterocycles. The summed E-state index contributed by atoms with van der Waals surface area (Å²) >= 11 is 0. The Hall–Kier alpha value is -3.86. The van der Waals surface area contributed by atoms with Crippen LogP contribution in [-0.2, 0) is 16.1 Å². The molecule has 1 aliphatic heterocycles. The second kappa shape index (κ2) is 8.88. The largest absolute Gasteiger partial charge is 0.497 e. The van der Waals surface area contributed by atoms with Crippen LogP contribution in [0.15, 0.2) is 90.6 Å². The Morgan fingerprint density at radius 1 is 0.806 bits per heavy atom. The monoisotopic (exact) mass is 412 g/mol. The molecular formula is C26H24N2O3. The number of nitrogens with zero attached hydrogens (tertiary/aromatic N) is 2. The SMILES string of the molecule is CCN(C1=C(c2ccc(OC)cc2)C(=O)N(Cc2ccccc2)C1=O)c1ccccc1. The van der Waals surface area contributed by atoms with Crippen LogP contribution in [0.5, 0.6) is 5.75 Å². The molecule has 0 aliphatic carbocycles. The smallest absolute Gasteiger partial charge is 0.278 e. The van der Waals surface area contributed by atoms with Crippen LogP contribution in [0, 0.1) is 0 Å². The highest BCUT2D eigenvalue weighted by Crippen LogP contribution is 2.35. The van der Waals surface area contributed by atoms with E-state index in [1.165, 1.54) is 4.90 Å². The maximum Gasteiger partial charge on any atom is 0.278 e. The van der Waals surface area contributed by atoms with Crippen molar-refractivity contribution in [3.8, 4) is 5.75 Å². The van der Waals surface area contributed by atoms with E-state index in [-0.39, 0.29) is 18.4 Å². The maximum atomic E-state index is 13.6. The minimum atomic E-state index is -0.289. The predicted octanol–water partition coefficient (Wildman–Crippen LogP) is 4.50. The normalized spacial score (nSPS) is 13.7. The number of hydrogen-bond acceptors (Lipinski definition) is 4. The van der Waals surface area contributed by atoms with Gasteiger partial charge in [0, 0.05) is 12.2 Å². The summed E-state index contributed by atoms with van der Waals surface area (Å²) in [7, 11) is 1.60. The van der Waals surface area contributed by atoms with Gasteiger partial charge in [0.15, 0.2) is 0 Å². The van der Waals surface area contributed by atoms with Gasteiger partial charge in [-0.3, -0.25) is 14.5 Å². The number of imide groups is 1. The number of likely N-dealkylation sites (N-methyl/N-ethyl adjacent to an activating group) is 1. The lowest BCUT2D eigenvalue weighted by Gasteiger charge is -2.25. The summed E-state index contributed by atoms with van der Waals surface area (Å²) in [5, 5.41) is 0. The minimum absolute atomic E-state index is 0.230. The Balaban J connectivity index is 1.82. The summed E-state index contributed by atoms with van der Waals surface area (Å²) in [6, 6.07) is 26.5. The predicted molar refractivity (Wildman–Crippen MR) is 121 cm³/mol. The quantitative estimate of drug-likeness (QED) is 0.536. The minimum Gasteiger partial charge on any atom is -0.497 e. The first-order chi connectivity index (χ1) is 15.1. The Morgan fingerprint density at radius 3 is 2.00 bits per heavy atom. The van der Waals surface area contributed by atoms with Gasteiger partial charge < -0.3 is 9.64 Å². The molecule has 2 amide bonds. The molecule has 0 unspecified atom stereocenters. The third-order valence-electron chi connectivity index (χ3n) is 5.36. The van der Waals surface area contributed by atoms with Crippen LogP contribution in [-0.4, -0.2) is 30.4 Å². The number of ether oxygens (including phenoxy) is 1. The van der Waals surface area contributed by atoms with Gasteiger partial charge in [0.25, 0.3) is 11.8 Å². The Morgan fingerprint density at radius 2 is 1.42 bits per heavy atom. The lowest BCUT2D eigenvalue weighted by molar-refractivity contribution is -0.137. The van der Waals surface area contributed by atoms with Crippen molar-refractivity contribution in [1.82, 2.24) is 4.90 Å². The highest BCUT2D eigenvalue weighted by Gasteiger charge is 2.41. The number of rotatable bonds is 7. The number of hydrogen-bond donors (Lipinski definition) is 0. The number of para-hydroxylation sites is 1. The number of benzene rings is 3. The van der Waals surface area contributed by atoms with Crippen molar-refractivity contribution >= 4 is 23.1 Å². The standard InChI is InChI=1S/C26H24N2O3/c1-3-27(21-12-8-5-9-13-21)24-23(20-14-16-22(31-2)17-15-20)25(29)28(26(24)30)18-19-10-6-4-7-11-19/h4-17H,3,18H2,1-2H3. The summed E-state index contributed by atoms with van der Waals surface area (Å²) in [5.74, 6) is 0.119. The zero-order valence-corrected chi connectivity index (χ0v) is 17.6. The van der Waals surface area contributed by atoms with Crippen LogP contribution in [0.3, 0.4) is 0 Å². The second-order valence-electron chi connectivity index (χ2n) is 7.21. The average molecular weight is 412 g/mol. The second-order valence-corrected chi connectivity index (χ2v) is 7.21. The highest BCUT2D eigenvalue weighted by molar-refractivity contribution is 6.36. The molecule has 1 aliphatic rings. The molecule has 5 heteroatoms. The molecule has 4 rings (SSSR count). The first-order valence-electron chi connectivity index (χ1n) is 10.3. The van der Waals surface area contributed by atoms with Crippen LogP contribution in [0.25, 0.3) is 5.57 Å². The summed E-state index contributed by atoms with van der Waals surface area (Å²) in [6.07, 6.45) is 0. The van der Waals surface area contributed by atoms with E-state index < -0.39 is 0 Å². The Bertz CT molecular complexity index is 1110. The van der Waals surface area contributed by atoms with Gasteiger partial charge in [0.05, 0.1) is 19.2 Å². The molecule has 0 spiro atoms. The zero-order chi connectivity index (χ0) is 21.8. The van der Waals surface area contributed by atoms with Crippen molar-refractivity contribution in [1.29, 1.82) is 0 Å². The van der Waals surface area contributed by atoms with E-state index in [2.05, 4.69) is 0 Å². The fourth-order valence-electron chi connectivity index (χ4n) is 3.82. The highest BCUT2D eigenvalue weighted by atomic mass is 16.5. The summed E-state index contributed by atoms with van der Waals surface area (Å²) in [5.41, 5.74) is 3.28. The third kappa shape index (κ3) is 3.94. The van der Waals surface area contributed by atoms with Gasteiger partial charge in [-0.2, -0.15) is 0 Å². The molecule has 0 N–H and O–H groups in total. The molecule has 31 heavy (non-hydrogen) atoms. The summed E-state index contributed by atoms with van der Waals surface area (Å²) in [4.78, 5) is 30.3. The zero-order valence-electron chi connectivity index (χ0n) is 17.6. The van der Waals surface area contributed by atoms with Gasteiger partial charge >= 0.3 is 0 Å².